The molecule has 2 aromatic rings. The Morgan fingerprint density at radius 2 is 2.00 bits per heavy atom. The summed E-state index contributed by atoms with van der Waals surface area (Å²) in [5.41, 5.74) is 5.16. The lowest BCUT2D eigenvalue weighted by Gasteiger charge is -2.04. The van der Waals surface area contributed by atoms with E-state index < -0.39 is 0 Å². The fraction of sp³-hybridized carbons (Fsp3) is 0.235. The van der Waals surface area contributed by atoms with Gasteiger partial charge in [0.2, 0.25) is 0 Å². The standard InChI is InChI=1S/C17H19ClN2O/c1-2-10-21-17-5-3-4-15(11-17)13-20-19-12-14-6-8-16(18)9-7-14/h3-9,11,13,19H,2,10,12H2,1H3/b20-13-. The highest BCUT2D eigenvalue weighted by Gasteiger charge is 1.94. The second kappa shape index (κ2) is 8.32. The van der Waals surface area contributed by atoms with Crippen molar-refractivity contribution < 1.29 is 4.74 Å². The van der Waals surface area contributed by atoms with Crippen LogP contribution < -0.4 is 10.2 Å². The SMILES string of the molecule is CCCOc1cccc(/C=N\NCc2ccc(Cl)cc2)c1. The lowest BCUT2D eigenvalue weighted by Crippen LogP contribution is -2.05. The molecule has 0 fully saturated rings. The van der Waals surface area contributed by atoms with E-state index in [-0.39, 0.29) is 0 Å². The summed E-state index contributed by atoms with van der Waals surface area (Å²) in [6.45, 7) is 3.49. The average molecular weight is 303 g/mol. The van der Waals surface area contributed by atoms with Gasteiger partial charge in [0, 0.05) is 5.02 Å². The molecule has 0 unspecified atom stereocenters. The number of hydrogen-bond acceptors (Lipinski definition) is 3. The largest absolute Gasteiger partial charge is 0.494 e. The molecule has 21 heavy (non-hydrogen) atoms. The fourth-order valence-electron chi connectivity index (χ4n) is 1.76. The first-order chi connectivity index (χ1) is 10.3. The summed E-state index contributed by atoms with van der Waals surface area (Å²) in [4.78, 5) is 0. The molecule has 0 atom stereocenters. The van der Waals surface area contributed by atoms with Crippen LogP contribution in [-0.2, 0) is 6.54 Å². The molecule has 0 bridgehead atoms. The van der Waals surface area contributed by atoms with E-state index in [9.17, 15) is 0 Å². The quantitative estimate of drug-likeness (QED) is 0.612. The van der Waals surface area contributed by atoms with Gasteiger partial charge < -0.3 is 10.2 Å². The molecule has 4 heteroatoms. The molecule has 0 aliphatic rings. The second-order valence-corrected chi connectivity index (χ2v) is 5.08. The number of ether oxygens (including phenoxy) is 1. The minimum atomic E-state index is 0.666. The van der Waals surface area contributed by atoms with Crippen molar-refractivity contribution in [2.45, 2.75) is 19.9 Å². The molecular weight excluding hydrogens is 284 g/mol. The van der Waals surface area contributed by atoms with Crippen molar-refractivity contribution in [3.8, 4) is 5.75 Å². The van der Waals surface area contributed by atoms with E-state index in [4.69, 9.17) is 16.3 Å². The predicted molar refractivity (Wildman–Crippen MR) is 88.1 cm³/mol. The maximum absolute atomic E-state index is 5.84. The molecule has 110 valence electrons. The smallest absolute Gasteiger partial charge is 0.119 e. The van der Waals surface area contributed by atoms with Gasteiger partial charge in [0.05, 0.1) is 19.4 Å². The molecule has 1 N–H and O–H groups in total. The van der Waals surface area contributed by atoms with Crippen LogP contribution in [0.15, 0.2) is 53.6 Å². The lowest BCUT2D eigenvalue weighted by atomic mass is 10.2. The number of nitrogens with one attached hydrogen (secondary N) is 1. The zero-order valence-electron chi connectivity index (χ0n) is 12.1. The van der Waals surface area contributed by atoms with Crippen LogP contribution in [0, 0.1) is 0 Å². The number of hydrazone groups is 1. The van der Waals surface area contributed by atoms with Crippen molar-refractivity contribution in [1.82, 2.24) is 5.43 Å². The maximum atomic E-state index is 5.84. The van der Waals surface area contributed by atoms with Crippen LogP contribution >= 0.6 is 11.6 Å². The van der Waals surface area contributed by atoms with Gasteiger partial charge >= 0.3 is 0 Å². The summed E-state index contributed by atoms with van der Waals surface area (Å²) in [7, 11) is 0. The van der Waals surface area contributed by atoms with Gasteiger partial charge in [0.1, 0.15) is 5.75 Å². The Balaban J connectivity index is 1.84. The maximum Gasteiger partial charge on any atom is 0.119 e. The molecule has 0 saturated carbocycles. The first-order valence-corrected chi connectivity index (χ1v) is 7.39. The number of nitrogens with zero attached hydrogens (tertiary/aromatic N) is 1. The average Bonchev–Trinajstić information content (AvgIpc) is 2.52. The number of benzene rings is 2. The van der Waals surface area contributed by atoms with Crippen LogP contribution in [0.25, 0.3) is 0 Å². The minimum Gasteiger partial charge on any atom is -0.494 e. The van der Waals surface area contributed by atoms with Crippen LogP contribution in [0.1, 0.15) is 24.5 Å². The normalized spacial score (nSPS) is 10.8. The third kappa shape index (κ3) is 5.48. The lowest BCUT2D eigenvalue weighted by molar-refractivity contribution is 0.317. The van der Waals surface area contributed by atoms with Crippen molar-refractivity contribution in [2.75, 3.05) is 6.61 Å². The summed E-state index contributed by atoms with van der Waals surface area (Å²) in [6.07, 6.45) is 2.79. The van der Waals surface area contributed by atoms with E-state index in [0.29, 0.717) is 6.54 Å². The summed E-state index contributed by atoms with van der Waals surface area (Å²) < 4.78 is 5.59. The molecule has 0 amide bonds. The van der Waals surface area contributed by atoms with Gasteiger partial charge in [-0.3, -0.25) is 0 Å². The molecule has 0 aliphatic carbocycles. The van der Waals surface area contributed by atoms with Crippen LogP contribution in [0.5, 0.6) is 5.75 Å². The van der Waals surface area contributed by atoms with Crippen LogP contribution in [-0.4, -0.2) is 12.8 Å². The zero-order valence-corrected chi connectivity index (χ0v) is 12.8. The van der Waals surface area contributed by atoms with Gasteiger partial charge in [0.25, 0.3) is 0 Å². The van der Waals surface area contributed by atoms with Crippen LogP contribution in [0.4, 0.5) is 0 Å². The van der Waals surface area contributed by atoms with E-state index in [1.807, 2.05) is 48.5 Å². The van der Waals surface area contributed by atoms with Gasteiger partial charge in [-0.05, 0) is 41.8 Å². The third-order valence-corrected chi connectivity index (χ3v) is 3.08. The highest BCUT2D eigenvalue weighted by atomic mass is 35.5. The van der Waals surface area contributed by atoms with E-state index in [0.717, 1.165) is 34.9 Å². The van der Waals surface area contributed by atoms with Crippen LogP contribution in [0.2, 0.25) is 5.02 Å². The molecule has 2 rings (SSSR count). The summed E-state index contributed by atoms with van der Waals surface area (Å²) in [6, 6.07) is 15.6. The van der Waals surface area contributed by atoms with Gasteiger partial charge in [-0.25, -0.2) is 0 Å². The Morgan fingerprint density at radius 1 is 1.19 bits per heavy atom. The molecule has 0 spiro atoms. The number of halogens is 1. The van der Waals surface area contributed by atoms with Crippen molar-refractivity contribution in [3.63, 3.8) is 0 Å². The Bertz CT molecular complexity index is 582. The van der Waals surface area contributed by atoms with Crippen molar-refractivity contribution in [1.29, 1.82) is 0 Å². The van der Waals surface area contributed by atoms with Gasteiger partial charge in [0.15, 0.2) is 0 Å². The Hall–Kier alpha value is -2.00. The molecule has 0 aliphatic heterocycles. The first kappa shape index (κ1) is 15.4. The molecule has 0 heterocycles. The van der Waals surface area contributed by atoms with Gasteiger partial charge in [-0.2, -0.15) is 5.10 Å². The number of hydrogen-bond donors (Lipinski definition) is 1. The minimum absolute atomic E-state index is 0.666. The molecule has 0 radical (unpaired) electrons. The van der Waals surface area contributed by atoms with E-state index in [1.165, 1.54) is 0 Å². The van der Waals surface area contributed by atoms with Crippen molar-refractivity contribution >= 4 is 17.8 Å². The van der Waals surface area contributed by atoms with Crippen molar-refractivity contribution in [3.05, 3.63) is 64.7 Å². The monoisotopic (exact) mass is 302 g/mol. The highest BCUT2D eigenvalue weighted by molar-refractivity contribution is 6.30. The van der Waals surface area contributed by atoms with E-state index >= 15 is 0 Å². The van der Waals surface area contributed by atoms with E-state index in [1.54, 1.807) is 6.21 Å². The summed E-state index contributed by atoms with van der Waals surface area (Å²) in [5.74, 6) is 0.874. The van der Waals surface area contributed by atoms with Crippen molar-refractivity contribution in [2.24, 2.45) is 5.10 Å². The van der Waals surface area contributed by atoms with Gasteiger partial charge in [-0.1, -0.05) is 42.8 Å². The molecule has 3 nitrogen and oxygen atoms in total. The molecule has 0 aromatic heterocycles. The molecule has 0 saturated heterocycles. The first-order valence-electron chi connectivity index (χ1n) is 7.01. The second-order valence-electron chi connectivity index (χ2n) is 4.64. The van der Waals surface area contributed by atoms with E-state index in [2.05, 4.69) is 17.5 Å². The highest BCUT2D eigenvalue weighted by Crippen LogP contribution is 2.12. The molecule has 2 aromatic carbocycles. The predicted octanol–water partition coefficient (Wildman–Crippen LogP) is 4.25. The number of rotatable bonds is 7. The summed E-state index contributed by atoms with van der Waals surface area (Å²) in [5, 5.41) is 4.96. The zero-order chi connectivity index (χ0) is 14.9. The van der Waals surface area contributed by atoms with Gasteiger partial charge in [-0.15, -0.1) is 0 Å². The third-order valence-electron chi connectivity index (χ3n) is 2.83. The topological polar surface area (TPSA) is 33.6 Å². The van der Waals surface area contributed by atoms with Crippen LogP contribution in [0.3, 0.4) is 0 Å². The fourth-order valence-corrected chi connectivity index (χ4v) is 1.89. The Labute approximate surface area is 130 Å². The molecular formula is C17H19ClN2O. The Kier molecular flexibility index (Phi) is 6.10. The summed E-state index contributed by atoms with van der Waals surface area (Å²) >= 11 is 5.84. The Morgan fingerprint density at radius 3 is 2.76 bits per heavy atom.